The van der Waals surface area contributed by atoms with E-state index in [1.165, 1.54) is 19.0 Å². The van der Waals surface area contributed by atoms with Gasteiger partial charge in [0, 0.05) is 18.1 Å². The van der Waals surface area contributed by atoms with Gasteiger partial charge in [-0.05, 0) is 30.2 Å². The Morgan fingerprint density at radius 2 is 2.10 bits per heavy atom. The molecule has 0 saturated heterocycles. The molecule has 1 fully saturated rings. The molecule has 3 rings (SSSR count). The van der Waals surface area contributed by atoms with Crippen LogP contribution in [-0.2, 0) is 0 Å². The van der Waals surface area contributed by atoms with Gasteiger partial charge < -0.3 is 10.4 Å². The summed E-state index contributed by atoms with van der Waals surface area (Å²) in [5.74, 6) is -0.337. The average Bonchev–Trinajstić information content (AvgIpc) is 3.25. The highest BCUT2D eigenvalue weighted by Gasteiger charge is 2.45. The molecule has 0 atom stereocenters. The highest BCUT2D eigenvalue weighted by molar-refractivity contribution is 6.04. The molecule has 0 aliphatic heterocycles. The summed E-state index contributed by atoms with van der Waals surface area (Å²) in [6, 6.07) is 7.65. The Labute approximate surface area is 124 Å². The van der Waals surface area contributed by atoms with Gasteiger partial charge in [0.15, 0.2) is 0 Å². The zero-order valence-corrected chi connectivity index (χ0v) is 12.4. The second-order valence-electron chi connectivity index (χ2n) is 6.24. The van der Waals surface area contributed by atoms with Crippen molar-refractivity contribution in [2.24, 2.45) is 11.3 Å². The van der Waals surface area contributed by atoms with Crippen molar-refractivity contribution >= 4 is 22.6 Å². The fraction of sp³-hybridized carbons (Fsp3) is 0.412. The average molecular weight is 284 g/mol. The Morgan fingerprint density at radius 1 is 1.38 bits per heavy atom. The molecular weight excluding hydrogens is 264 g/mol. The Morgan fingerprint density at radius 3 is 2.71 bits per heavy atom. The Hall–Kier alpha value is -2.10. The molecule has 1 heterocycles. The number of carboxylic acids is 1. The van der Waals surface area contributed by atoms with Crippen molar-refractivity contribution in [1.29, 1.82) is 0 Å². The molecule has 1 aromatic heterocycles. The van der Waals surface area contributed by atoms with E-state index >= 15 is 0 Å². The van der Waals surface area contributed by atoms with E-state index in [0.29, 0.717) is 17.0 Å². The Bertz CT molecular complexity index is 690. The molecule has 21 heavy (non-hydrogen) atoms. The van der Waals surface area contributed by atoms with Gasteiger partial charge in [0.05, 0.1) is 11.2 Å². The maximum atomic E-state index is 11.5. The monoisotopic (exact) mass is 284 g/mol. The van der Waals surface area contributed by atoms with Crippen LogP contribution in [0.25, 0.3) is 10.9 Å². The Kier molecular flexibility index (Phi) is 3.32. The molecule has 0 unspecified atom stereocenters. The maximum absolute atomic E-state index is 11.5. The van der Waals surface area contributed by atoms with Gasteiger partial charge in [-0.2, -0.15) is 0 Å². The molecule has 1 aliphatic carbocycles. The van der Waals surface area contributed by atoms with E-state index in [1.807, 2.05) is 24.3 Å². The number of aromatic nitrogens is 1. The standard InChI is InChI=1S/C17H20N2O2/c1-11(2)17(7-8-17)10-19-15-12-5-3-4-6-14(12)18-9-13(15)16(20)21/h3-6,9,11H,7-8,10H2,1-2H3,(H,18,19)(H,20,21). The van der Waals surface area contributed by atoms with E-state index < -0.39 is 5.97 Å². The van der Waals surface area contributed by atoms with Crippen molar-refractivity contribution in [2.75, 3.05) is 11.9 Å². The number of nitrogens with one attached hydrogen (secondary N) is 1. The highest BCUT2D eigenvalue weighted by Crippen LogP contribution is 2.52. The fourth-order valence-corrected chi connectivity index (χ4v) is 2.88. The first-order chi connectivity index (χ1) is 10.0. The third-order valence-electron chi connectivity index (χ3n) is 4.74. The number of hydrogen-bond donors (Lipinski definition) is 2. The summed E-state index contributed by atoms with van der Waals surface area (Å²) in [6.45, 7) is 5.29. The van der Waals surface area contributed by atoms with Crippen LogP contribution in [0.4, 0.5) is 5.69 Å². The van der Waals surface area contributed by atoms with Crippen molar-refractivity contribution in [3.63, 3.8) is 0 Å². The molecule has 4 heteroatoms. The minimum Gasteiger partial charge on any atom is -0.478 e. The number of benzene rings is 1. The summed E-state index contributed by atoms with van der Waals surface area (Å²) < 4.78 is 0. The number of aromatic carboxylic acids is 1. The molecule has 110 valence electrons. The minimum absolute atomic E-state index is 0.244. The lowest BCUT2D eigenvalue weighted by Gasteiger charge is -2.22. The topological polar surface area (TPSA) is 62.2 Å². The van der Waals surface area contributed by atoms with Crippen LogP contribution >= 0.6 is 0 Å². The van der Waals surface area contributed by atoms with Gasteiger partial charge in [0.2, 0.25) is 0 Å². The number of rotatable bonds is 5. The van der Waals surface area contributed by atoms with Crippen molar-refractivity contribution in [2.45, 2.75) is 26.7 Å². The number of anilines is 1. The van der Waals surface area contributed by atoms with Gasteiger partial charge in [0.1, 0.15) is 5.56 Å². The van der Waals surface area contributed by atoms with Crippen LogP contribution in [0, 0.1) is 11.3 Å². The molecule has 0 amide bonds. The number of pyridine rings is 1. The van der Waals surface area contributed by atoms with Crippen molar-refractivity contribution in [3.05, 3.63) is 36.0 Å². The van der Waals surface area contributed by atoms with E-state index in [1.54, 1.807) is 0 Å². The molecule has 0 spiro atoms. The summed E-state index contributed by atoms with van der Waals surface area (Å²) in [4.78, 5) is 15.7. The van der Waals surface area contributed by atoms with Gasteiger partial charge >= 0.3 is 5.97 Å². The zero-order chi connectivity index (χ0) is 15.0. The summed E-state index contributed by atoms with van der Waals surface area (Å²) in [5, 5.41) is 13.7. The molecular formula is C17H20N2O2. The van der Waals surface area contributed by atoms with Crippen LogP contribution in [0.3, 0.4) is 0 Å². The van der Waals surface area contributed by atoms with Crippen LogP contribution in [0.5, 0.6) is 0 Å². The molecule has 1 saturated carbocycles. The van der Waals surface area contributed by atoms with E-state index in [-0.39, 0.29) is 5.56 Å². The lowest BCUT2D eigenvalue weighted by molar-refractivity contribution is 0.0697. The number of para-hydroxylation sites is 1. The molecule has 1 aliphatic rings. The smallest absolute Gasteiger partial charge is 0.339 e. The number of fused-ring (bicyclic) bond motifs is 1. The second kappa shape index (κ2) is 5.02. The predicted molar refractivity (Wildman–Crippen MR) is 83.7 cm³/mol. The van der Waals surface area contributed by atoms with Gasteiger partial charge in [-0.3, -0.25) is 4.98 Å². The minimum atomic E-state index is -0.940. The van der Waals surface area contributed by atoms with Crippen LogP contribution in [0.15, 0.2) is 30.5 Å². The third kappa shape index (κ3) is 2.46. The van der Waals surface area contributed by atoms with E-state index in [0.717, 1.165) is 17.4 Å². The van der Waals surface area contributed by atoms with Crippen LogP contribution in [-0.4, -0.2) is 22.6 Å². The maximum Gasteiger partial charge on any atom is 0.339 e. The Balaban J connectivity index is 1.99. The number of hydrogen-bond acceptors (Lipinski definition) is 3. The molecule has 0 bridgehead atoms. The van der Waals surface area contributed by atoms with Gasteiger partial charge in [-0.1, -0.05) is 32.0 Å². The van der Waals surface area contributed by atoms with Crippen LogP contribution < -0.4 is 5.32 Å². The quantitative estimate of drug-likeness (QED) is 0.877. The number of carbonyl (C=O) groups is 1. The summed E-state index contributed by atoms with van der Waals surface area (Å²) in [6.07, 6.45) is 3.87. The first kappa shape index (κ1) is 13.9. The SMILES string of the molecule is CC(C)C1(CNc2c(C(=O)O)cnc3ccccc23)CC1. The molecule has 1 aromatic carbocycles. The predicted octanol–water partition coefficient (Wildman–Crippen LogP) is 3.78. The summed E-state index contributed by atoms with van der Waals surface area (Å²) >= 11 is 0. The lowest BCUT2D eigenvalue weighted by atomic mass is 9.92. The van der Waals surface area contributed by atoms with E-state index in [2.05, 4.69) is 24.1 Å². The molecule has 2 N–H and O–H groups in total. The molecule has 4 nitrogen and oxygen atoms in total. The second-order valence-corrected chi connectivity index (χ2v) is 6.24. The zero-order valence-electron chi connectivity index (χ0n) is 12.4. The first-order valence-electron chi connectivity index (χ1n) is 7.38. The van der Waals surface area contributed by atoms with Gasteiger partial charge in [-0.25, -0.2) is 4.79 Å². The lowest BCUT2D eigenvalue weighted by Crippen LogP contribution is -2.22. The normalized spacial score (nSPS) is 16.1. The largest absolute Gasteiger partial charge is 0.478 e. The number of carboxylic acid groups (broad SMARTS) is 1. The van der Waals surface area contributed by atoms with Gasteiger partial charge in [0.25, 0.3) is 0 Å². The first-order valence-corrected chi connectivity index (χ1v) is 7.38. The highest BCUT2D eigenvalue weighted by atomic mass is 16.4. The van der Waals surface area contributed by atoms with Crippen LogP contribution in [0.2, 0.25) is 0 Å². The molecule has 0 radical (unpaired) electrons. The third-order valence-corrected chi connectivity index (χ3v) is 4.74. The summed E-state index contributed by atoms with van der Waals surface area (Å²) in [7, 11) is 0. The molecule has 2 aromatic rings. The van der Waals surface area contributed by atoms with E-state index in [4.69, 9.17) is 0 Å². The summed E-state index contributed by atoms with van der Waals surface area (Å²) in [5.41, 5.74) is 2.08. The van der Waals surface area contributed by atoms with Crippen molar-refractivity contribution in [3.8, 4) is 0 Å². The van der Waals surface area contributed by atoms with Crippen LogP contribution in [0.1, 0.15) is 37.0 Å². The van der Waals surface area contributed by atoms with Crippen molar-refractivity contribution in [1.82, 2.24) is 4.98 Å². The van der Waals surface area contributed by atoms with Crippen molar-refractivity contribution < 1.29 is 9.90 Å². The fourth-order valence-electron chi connectivity index (χ4n) is 2.88. The van der Waals surface area contributed by atoms with Gasteiger partial charge in [-0.15, -0.1) is 0 Å². The van der Waals surface area contributed by atoms with E-state index in [9.17, 15) is 9.90 Å². The number of nitrogens with zero attached hydrogens (tertiary/aromatic N) is 1.